The van der Waals surface area contributed by atoms with Gasteiger partial charge >= 0.3 is 0 Å². The molecule has 1 aliphatic rings. The van der Waals surface area contributed by atoms with Crippen molar-refractivity contribution in [2.45, 2.75) is 194 Å². The summed E-state index contributed by atoms with van der Waals surface area (Å²) in [5, 5.41) is 4.09. The van der Waals surface area contributed by atoms with Crippen LogP contribution in [0.2, 0.25) is 0 Å². The van der Waals surface area contributed by atoms with Crippen LogP contribution in [0.1, 0.15) is 225 Å². The van der Waals surface area contributed by atoms with E-state index in [1.807, 2.05) is 41.8 Å². The number of ketones is 2. The smallest absolute Gasteiger partial charge is 0.198 e. The molecular weight excluding hydrogens is 777 g/mol. The third-order valence-corrected chi connectivity index (χ3v) is 14.1. The lowest BCUT2D eigenvalue weighted by Crippen LogP contribution is -2.23. The zero-order valence-electron chi connectivity index (χ0n) is 37.4. The highest BCUT2D eigenvalue weighted by Gasteiger charge is 2.36. The van der Waals surface area contributed by atoms with Crippen molar-refractivity contribution in [1.82, 2.24) is 0 Å². The van der Waals surface area contributed by atoms with Crippen molar-refractivity contribution < 1.29 is 19.1 Å². The fourth-order valence-electron chi connectivity index (χ4n) is 8.71. The van der Waals surface area contributed by atoms with Crippen LogP contribution in [0.15, 0.2) is 59.3 Å². The van der Waals surface area contributed by atoms with Crippen LogP contribution in [0.25, 0.3) is 20.9 Å². The van der Waals surface area contributed by atoms with Gasteiger partial charge in [0.2, 0.25) is 0 Å². The summed E-state index contributed by atoms with van der Waals surface area (Å²) in [6.07, 6.45) is 36.4. The molecule has 2 heterocycles. The summed E-state index contributed by atoms with van der Waals surface area (Å²) in [7, 11) is 0. The molecule has 6 heteroatoms. The number of ether oxygens (including phenoxy) is 2. The van der Waals surface area contributed by atoms with Gasteiger partial charge in [0, 0.05) is 26.4 Å². The number of rotatable bonds is 34. The summed E-state index contributed by atoms with van der Waals surface area (Å²) in [6, 6.07) is 15.7. The monoisotopic (exact) mass is 853 g/mol. The first-order valence-electron chi connectivity index (χ1n) is 24.4. The number of unbranched alkanes of at least 4 members (excludes halogenated alkanes) is 26. The lowest BCUT2D eigenvalue weighted by atomic mass is 9.81. The predicted octanol–water partition coefficient (Wildman–Crippen LogP) is 17.6. The van der Waals surface area contributed by atoms with Crippen LogP contribution in [0.5, 0.6) is 11.5 Å². The van der Waals surface area contributed by atoms with E-state index in [1.165, 1.54) is 154 Å². The van der Waals surface area contributed by atoms with Crippen molar-refractivity contribution in [3.8, 4) is 32.4 Å². The first-order chi connectivity index (χ1) is 29.6. The number of carbonyl (C=O) groups excluding carboxylic acids is 2. The number of benzene rings is 2. The fourth-order valence-corrected chi connectivity index (χ4v) is 10.2. The molecule has 4 aromatic rings. The number of hydrogen-bond donors (Lipinski definition) is 0. The number of fused-ring (bicyclic) bond motifs is 2. The molecule has 1 aliphatic carbocycles. The Labute approximate surface area is 372 Å². The Balaban J connectivity index is 1.19. The lowest BCUT2D eigenvalue weighted by Gasteiger charge is -2.25. The van der Waals surface area contributed by atoms with Gasteiger partial charge in [0.05, 0.1) is 24.3 Å². The first-order valence-corrected chi connectivity index (χ1v) is 26.2. The van der Waals surface area contributed by atoms with E-state index in [0.29, 0.717) is 47.0 Å². The van der Waals surface area contributed by atoms with E-state index < -0.39 is 0 Å². The maximum absolute atomic E-state index is 14.5. The van der Waals surface area contributed by atoms with E-state index in [0.717, 1.165) is 46.6 Å². The van der Waals surface area contributed by atoms with E-state index in [1.54, 1.807) is 22.7 Å². The maximum Gasteiger partial charge on any atom is 0.198 e. The van der Waals surface area contributed by atoms with Gasteiger partial charge in [-0.3, -0.25) is 9.59 Å². The second kappa shape index (κ2) is 28.4. The van der Waals surface area contributed by atoms with Crippen molar-refractivity contribution in [3.05, 3.63) is 81.5 Å². The third kappa shape index (κ3) is 15.3. The Morgan fingerprint density at radius 2 is 0.867 bits per heavy atom. The maximum atomic E-state index is 14.5. The Bertz CT molecular complexity index is 1790. The molecule has 0 bridgehead atoms. The van der Waals surface area contributed by atoms with Gasteiger partial charge in [-0.15, -0.1) is 22.7 Å². The molecule has 2 aromatic carbocycles. The Morgan fingerprint density at radius 1 is 0.417 bits per heavy atom. The first kappa shape index (κ1) is 47.8. The van der Waals surface area contributed by atoms with Gasteiger partial charge in [0.15, 0.2) is 11.6 Å². The molecule has 0 unspecified atom stereocenters. The second-order valence-electron chi connectivity index (χ2n) is 17.3. The standard InChI is InChI=1S/C54H76O4S2/c1-3-5-7-9-11-13-15-17-19-21-23-25-27-29-37-57-47-42-46-50(53(56)44-36-35-43(41-45(44)52(46)55)48-33-31-39-59-48)54(51(47)49-34-32-40-60-49)58-38-30-28-26-24-22-20-18-16-14-12-10-8-6-4-2/h31-36,39-42H,3-30,37-38H2,1-2H3. The molecule has 5 rings (SSSR count). The molecule has 0 atom stereocenters. The number of thiophene rings is 2. The van der Waals surface area contributed by atoms with E-state index in [4.69, 9.17) is 9.47 Å². The SMILES string of the molecule is CCCCCCCCCCCCCCCCOc1cc2c(c(OCCCCCCCCCCCCCCCC)c1-c1cccs1)C(=O)c1ccc(-c3cccs3)cc1C2=O. The second-order valence-corrected chi connectivity index (χ2v) is 19.2. The normalized spacial score (nSPS) is 12.2. The van der Waals surface area contributed by atoms with E-state index in [2.05, 4.69) is 31.4 Å². The largest absolute Gasteiger partial charge is 0.493 e. The minimum atomic E-state index is -0.149. The molecule has 0 fully saturated rings. The average Bonchev–Trinajstić information content (AvgIpc) is 4.01. The lowest BCUT2D eigenvalue weighted by molar-refractivity contribution is 0.0975. The minimum Gasteiger partial charge on any atom is -0.493 e. The van der Waals surface area contributed by atoms with Gasteiger partial charge < -0.3 is 9.47 Å². The zero-order chi connectivity index (χ0) is 42.0. The zero-order valence-corrected chi connectivity index (χ0v) is 39.1. The van der Waals surface area contributed by atoms with Gasteiger partial charge in [0.1, 0.15) is 11.5 Å². The summed E-state index contributed by atoms with van der Waals surface area (Å²) in [5.41, 5.74) is 3.43. The molecule has 2 aromatic heterocycles. The highest BCUT2D eigenvalue weighted by atomic mass is 32.1. The third-order valence-electron chi connectivity index (χ3n) is 12.3. The molecule has 328 valence electrons. The van der Waals surface area contributed by atoms with E-state index >= 15 is 0 Å². The Hall–Kier alpha value is -3.22. The number of carbonyl (C=O) groups is 2. The molecule has 0 spiro atoms. The van der Waals surface area contributed by atoms with E-state index in [9.17, 15) is 9.59 Å². The molecule has 0 aliphatic heterocycles. The van der Waals surface area contributed by atoms with Gasteiger partial charge in [0.25, 0.3) is 0 Å². The number of hydrogen-bond acceptors (Lipinski definition) is 6. The van der Waals surface area contributed by atoms with E-state index in [-0.39, 0.29) is 11.6 Å². The molecule has 4 nitrogen and oxygen atoms in total. The van der Waals surface area contributed by atoms with Gasteiger partial charge in [-0.2, -0.15) is 0 Å². The molecule has 0 saturated carbocycles. The van der Waals surface area contributed by atoms with Crippen molar-refractivity contribution in [2.75, 3.05) is 13.2 Å². The summed E-state index contributed by atoms with van der Waals surface area (Å²) in [5.74, 6) is 0.857. The van der Waals surface area contributed by atoms with Gasteiger partial charge in [-0.05, 0) is 59.5 Å². The summed E-state index contributed by atoms with van der Waals surface area (Å²) in [4.78, 5) is 31.0. The minimum absolute atomic E-state index is 0.140. The highest BCUT2D eigenvalue weighted by molar-refractivity contribution is 7.13. The molecule has 0 saturated heterocycles. The summed E-state index contributed by atoms with van der Waals surface area (Å²) in [6.45, 7) is 5.63. The molecule has 0 radical (unpaired) electrons. The Morgan fingerprint density at radius 3 is 1.33 bits per heavy atom. The topological polar surface area (TPSA) is 52.6 Å². The molecule has 60 heavy (non-hydrogen) atoms. The van der Waals surface area contributed by atoms with Crippen LogP contribution in [0.4, 0.5) is 0 Å². The van der Waals surface area contributed by atoms with Crippen LogP contribution in [-0.2, 0) is 0 Å². The fraction of sp³-hybridized carbons (Fsp3) is 0.593. The van der Waals surface area contributed by atoms with Gasteiger partial charge in [-0.1, -0.05) is 199 Å². The van der Waals surface area contributed by atoms with Crippen LogP contribution >= 0.6 is 22.7 Å². The average molecular weight is 853 g/mol. The molecule has 0 amide bonds. The molecular formula is C54H76O4S2. The van der Waals surface area contributed by atoms with Crippen molar-refractivity contribution >= 4 is 34.2 Å². The molecule has 0 N–H and O–H groups in total. The Kier molecular flexibility index (Phi) is 22.6. The van der Waals surface area contributed by atoms with Gasteiger partial charge in [-0.25, -0.2) is 0 Å². The van der Waals surface area contributed by atoms with Crippen LogP contribution in [0, 0.1) is 0 Å². The van der Waals surface area contributed by atoms with Crippen LogP contribution in [-0.4, -0.2) is 24.8 Å². The quantitative estimate of drug-likeness (QED) is 0.0387. The van der Waals surface area contributed by atoms with Crippen molar-refractivity contribution in [3.63, 3.8) is 0 Å². The summed E-state index contributed by atoms with van der Waals surface area (Å²) < 4.78 is 13.3. The van der Waals surface area contributed by atoms with Crippen molar-refractivity contribution in [2.24, 2.45) is 0 Å². The van der Waals surface area contributed by atoms with Crippen LogP contribution < -0.4 is 9.47 Å². The highest BCUT2D eigenvalue weighted by Crippen LogP contribution is 2.48. The van der Waals surface area contributed by atoms with Crippen LogP contribution in [0.3, 0.4) is 0 Å². The van der Waals surface area contributed by atoms with Crippen molar-refractivity contribution in [1.29, 1.82) is 0 Å². The predicted molar refractivity (Wildman–Crippen MR) is 258 cm³/mol. The summed E-state index contributed by atoms with van der Waals surface area (Å²) >= 11 is 3.25.